The second kappa shape index (κ2) is 5.92. The largest absolute Gasteiger partial charge is 0.343 e. The molecule has 0 unspecified atom stereocenters. The van der Waals surface area contributed by atoms with E-state index in [1.165, 1.54) is 12.8 Å². The zero-order valence-electron chi connectivity index (χ0n) is 16.5. The first-order valence-corrected chi connectivity index (χ1v) is 10.4. The Bertz CT molecular complexity index is 999. The Balaban J connectivity index is 1.29. The smallest absolute Gasteiger partial charge is 0.274 e. The molecule has 2 amide bonds. The summed E-state index contributed by atoms with van der Waals surface area (Å²) >= 11 is 0. The number of hydrogen-bond acceptors (Lipinski definition) is 4. The number of amides is 2. The van der Waals surface area contributed by atoms with Gasteiger partial charge in [-0.25, -0.2) is 0 Å². The Kier molecular flexibility index (Phi) is 3.51. The van der Waals surface area contributed by atoms with Gasteiger partial charge in [0.05, 0.1) is 19.0 Å². The van der Waals surface area contributed by atoms with Gasteiger partial charge < -0.3 is 14.5 Å². The van der Waals surface area contributed by atoms with Gasteiger partial charge in [-0.1, -0.05) is 30.3 Å². The standard InChI is InChI=1S/C22H24N4O3/c1-24-17(14-7-8-14)11-16(23-24)21(28)25-10-9-22-19(25)12-20(27)26(22)13-18(29-22)15-5-3-2-4-6-15/h2-6,11,14,18-19H,7-10,12-13H2,1H3/t18-,19-,22+/m1/s1. The van der Waals surface area contributed by atoms with Gasteiger partial charge in [0.2, 0.25) is 5.91 Å². The van der Waals surface area contributed by atoms with Gasteiger partial charge in [0.25, 0.3) is 5.91 Å². The monoisotopic (exact) mass is 392 g/mol. The highest BCUT2D eigenvalue weighted by atomic mass is 16.5. The van der Waals surface area contributed by atoms with Crippen molar-refractivity contribution in [1.29, 1.82) is 0 Å². The molecule has 4 aliphatic rings. The molecular weight excluding hydrogens is 368 g/mol. The lowest BCUT2D eigenvalue weighted by atomic mass is 10.1. The van der Waals surface area contributed by atoms with Crippen molar-refractivity contribution in [3.05, 3.63) is 53.3 Å². The van der Waals surface area contributed by atoms with Gasteiger partial charge >= 0.3 is 0 Å². The lowest BCUT2D eigenvalue weighted by molar-refractivity contribution is -0.138. The van der Waals surface area contributed by atoms with Crippen LogP contribution in [0.25, 0.3) is 0 Å². The Morgan fingerprint density at radius 1 is 1.24 bits per heavy atom. The Morgan fingerprint density at radius 3 is 2.79 bits per heavy atom. The number of carbonyl (C=O) groups is 2. The number of benzene rings is 1. The first-order chi connectivity index (χ1) is 14.1. The van der Waals surface area contributed by atoms with Gasteiger partial charge in [-0.05, 0) is 24.5 Å². The summed E-state index contributed by atoms with van der Waals surface area (Å²) in [5.41, 5.74) is 2.00. The molecule has 29 heavy (non-hydrogen) atoms. The fourth-order valence-electron chi connectivity index (χ4n) is 5.40. The second-order valence-electron chi connectivity index (χ2n) is 8.69. The molecule has 3 atom stereocenters. The molecule has 1 aromatic carbocycles. The SMILES string of the molecule is Cn1nc(C(=O)N2CC[C@@]34O[C@@H](c5ccccc5)CN3C(=O)C[C@@H]24)cc1C1CC1. The maximum atomic E-state index is 13.3. The molecule has 0 radical (unpaired) electrons. The van der Waals surface area contributed by atoms with Gasteiger partial charge in [0.15, 0.2) is 11.4 Å². The summed E-state index contributed by atoms with van der Waals surface area (Å²) in [5.74, 6) is 0.522. The fraction of sp³-hybridized carbons (Fsp3) is 0.500. The number of rotatable bonds is 3. The summed E-state index contributed by atoms with van der Waals surface area (Å²) in [6, 6.07) is 11.7. The van der Waals surface area contributed by atoms with Crippen molar-refractivity contribution >= 4 is 11.8 Å². The van der Waals surface area contributed by atoms with E-state index in [0.29, 0.717) is 37.5 Å². The van der Waals surface area contributed by atoms with E-state index in [-0.39, 0.29) is 24.0 Å². The minimum Gasteiger partial charge on any atom is -0.343 e. The first-order valence-electron chi connectivity index (χ1n) is 10.4. The van der Waals surface area contributed by atoms with E-state index in [2.05, 4.69) is 5.10 Å². The summed E-state index contributed by atoms with van der Waals surface area (Å²) in [4.78, 5) is 29.8. The molecule has 1 aromatic heterocycles. The Hall–Kier alpha value is -2.67. The van der Waals surface area contributed by atoms with Crippen molar-refractivity contribution in [2.45, 2.75) is 49.5 Å². The van der Waals surface area contributed by atoms with Gasteiger partial charge in [-0.2, -0.15) is 5.10 Å². The lowest BCUT2D eigenvalue weighted by Gasteiger charge is -2.31. The molecule has 0 bridgehead atoms. The normalized spacial score (nSPS) is 30.7. The maximum absolute atomic E-state index is 13.3. The molecule has 4 heterocycles. The van der Waals surface area contributed by atoms with Crippen LogP contribution in [0.5, 0.6) is 0 Å². The predicted octanol–water partition coefficient (Wildman–Crippen LogP) is 2.21. The van der Waals surface area contributed by atoms with E-state index in [1.807, 2.05) is 57.9 Å². The van der Waals surface area contributed by atoms with Crippen molar-refractivity contribution in [2.75, 3.05) is 13.1 Å². The minimum absolute atomic E-state index is 0.0746. The predicted molar refractivity (Wildman–Crippen MR) is 104 cm³/mol. The van der Waals surface area contributed by atoms with Crippen LogP contribution in [0.15, 0.2) is 36.4 Å². The number of hydrogen-bond donors (Lipinski definition) is 0. The number of aryl methyl sites for hydroxylation is 1. The number of carbonyl (C=O) groups excluding carboxylic acids is 2. The van der Waals surface area contributed by atoms with Gasteiger partial charge in [0.1, 0.15) is 6.10 Å². The van der Waals surface area contributed by atoms with E-state index in [4.69, 9.17) is 4.74 Å². The molecule has 3 saturated heterocycles. The van der Waals surface area contributed by atoms with E-state index < -0.39 is 5.72 Å². The molecule has 4 fully saturated rings. The molecule has 2 aromatic rings. The summed E-state index contributed by atoms with van der Waals surface area (Å²) in [6.07, 6.45) is 3.17. The number of aromatic nitrogens is 2. The quantitative estimate of drug-likeness (QED) is 0.803. The van der Waals surface area contributed by atoms with Gasteiger partial charge in [0, 0.05) is 31.6 Å². The Labute approximate surface area is 169 Å². The summed E-state index contributed by atoms with van der Waals surface area (Å²) in [6.45, 7) is 1.14. The van der Waals surface area contributed by atoms with Crippen LogP contribution >= 0.6 is 0 Å². The highest BCUT2D eigenvalue weighted by Crippen LogP contribution is 2.51. The third-order valence-electron chi connectivity index (χ3n) is 6.99. The Morgan fingerprint density at radius 2 is 2.03 bits per heavy atom. The molecule has 3 aliphatic heterocycles. The molecule has 1 saturated carbocycles. The maximum Gasteiger partial charge on any atom is 0.274 e. The molecule has 7 heteroatoms. The third kappa shape index (κ3) is 2.43. The van der Waals surface area contributed by atoms with Crippen LogP contribution in [0.3, 0.4) is 0 Å². The van der Waals surface area contributed by atoms with Crippen LogP contribution in [0.4, 0.5) is 0 Å². The van der Waals surface area contributed by atoms with Crippen LogP contribution in [0.2, 0.25) is 0 Å². The highest BCUT2D eigenvalue weighted by Gasteiger charge is 2.65. The van der Waals surface area contributed by atoms with Crippen LogP contribution in [-0.4, -0.2) is 56.3 Å². The number of likely N-dealkylation sites (tertiary alicyclic amines) is 1. The zero-order valence-corrected chi connectivity index (χ0v) is 16.5. The van der Waals surface area contributed by atoms with Crippen LogP contribution in [0, 0.1) is 0 Å². The first kappa shape index (κ1) is 17.2. The molecule has 7 nitrogen and oxygen atoms in total. The van der Waals surface area contributed by atoms with Crippen molar-refractivity contribution in [2.24, 2.45) is 7.05 Å². The lowest BCUT2D eigenvalue weighted by Crippen LogP contribution is -2.48. The number of ether oxygens (including phenoxy) is 1. The van der Waals surface area contributed by atoms with E-state index >= 15 is 0 Å². The molecule has 150 valence electrons. The summed E-state index contributed by atoms with van der Waals surface area (Å²) < 4.78 is 8.37. The van der Waals surface area contributed by atoms with Crippen LogP contribution in [-0.2, 0) is 16.6 Å². The zero-order chi connectivity index (χ0) is 19.8. The topological polar surface area (TPSA) is 67.7 Å². The van der Waals surface area contributed by atoms with Gasteiger partial charge in [-0.3, -0.25) is 14.3 Å². The van der Waals surface area contributed by atoms with Crippen molar-refractivity contribution < 1.29 is 14.3 Å². The van der Waals surface area contributed by atoms with E-state index in [0.717, 1.165) is 11.3 Å². The van der Waals surface area contributed by atoms with E-state index in [1.54, 1.807) is 0 Å². The van der Waals surface area contributed by atoms with E-state index in [9.17, 15) is 9.59 Å². The summed E-state index contributed by atoms with van der Waals surface area (Å²) in [5, 5.41) is 4.48. The highest BCUT2D eigenvalue weighted by molar-refractivity contribution is 5.94. The molecule has 1 spiro atoms. The van der Waals surface area contributed by atoms with Gasteiger partial charge in [-0.15, -0.1) is 0 Å². The second-order valence-corrected chi connectivity index (χ2v) is 8.69. The number of nitrogens with zero attached hydrogens (tertiary/aromatic N) is 4. The van der Waals surface area contributed by atoms with Crippen molar-refractivity contribution in [3.8, 4) is 0 Å². The molecule has 0 N–H and O–H groups in total. The third-order valence-corrected chi connectivity index (χ3v) is 6.99. The molecule has 6 rings (SSSR count). The van der Waals surface area contributed by atoms with Crippen LogP contribution in [0.1, 0.15) is 59.5 Å². The molecule has 1 aliphatic carbocycles. The molecular formula is C22H24N4O3. The van der Waals surface area contributed by atoms with Crippen molar-refractivity contribution in [1.82, 2.24) is 19.6 Å². The average Bonchev–Trinajstić information content (AvgIpc) is 3.12. The van der Waals surface area contributed by atoms with Crippen LogP contribution < -0.4 is 0 Å². The fourth-order valence-corrected chi connectivity index (χ4v) is 5.40. The average molecular weight is 392 g/mol. The summed E-state index contributed by atoms with van der Waals surface area (Å²) in [7, 11) is 1.90. The van der Waals surface area contributed by atoms with Crippen molar-refractivity contribution in [3.63, 3.8) is 0 Å². The minimum atomic E-state index is -0.693.